The fraction of sp³-hybridized carbons (Fsp3) is 0.125. The highest BCUT2D eigenvalue weighted by Gasteiger charge is 2.00. The van der Waals surface area contributed by atoms with Crippen LogP contribution in [0.2, 0.25) is 0 Å². The minimum Gasteiger partial charge on any atom is -0.504 e. The van der Waals surface area contributed by atoms with Crippen molar-refractivity contribution in [1.82, 2.24) is 0 Å². The standard InChI is InChI=1S/C8H7NO2/c1-9-6-3-4-7(10)8(5-6)11-2/h3-5,10H,2H3. The van der Waals surface area contributed by atoms with E-state index in [9.17, 15) is 0 Å². The molecule has 0 bridgehead atoms. The summed E-state index contributed by atoms with van der Waals surface area (Å²) in [4.78, 5) is 3.18. The van der Waals surface area contributed by atoms with E-state index < -0.39 is 0 Å². The summed E-state index contributed by atoms with van der Waals surface area (Å²) in [7, 11) is 1.45. The summed E-state index contributed by atoms with van der Waals surface area (Å²) in [6, 6.07) is 4.46. The van der Waals surface area contributed by atoms with Crippen LogP contribution in [0.1, 0.15) is 0 Å². The van der Waals surface area contributed by atoms with Gasteiger partial charge in [-0.15, -0.1) is 0 Å². The molecule has 56 valence electrons. The molecule has 1 rings (SSSR count). The number of aromatic hydroxyl groups is 1. The summed E-state index contributed by atoms with van der Waals surface area (Å²) in [6.07, 6.45) is 0. The number of rotatable bonds is 1. The first-order valence-electron chi connectivity index (χ1n) is 3.02. The molecule has 0 spiro atoms. The molecule has 0 unspecified atom stereocenters. The van der Waals surface area contributed by atoms with Gasteiger partial charge in [-0.05, 0) is 12.1 Å². The monoisotopic (exact) mass is 149 g/mol. The number of methoxy groups -OCH3 is 1. The summed E-state index contributed by atoms with van der Waals surface area (Å²) >= 11 is 0. The molecule has 0 amide bonds. The normalized spacial score (nSPS) is 8.73. The molecular weight excluding hydrogens is 142 g/mol. The molecule has 0 fully saturated rings. The van der Waals surface area contributed by atoms with E-state index in [4.69, 9.17) is 16.4 Å². The number of hydrogen-bond acceptors (Lipinski definition) is 2. The molecule has 0 radical (unpaired) electrons. The van der Waals surface area contributed by atoms with Gasteiger partial charge in [-0.3, -0.25) is 0 Å². The molecule has 0 heterocycles. The Morgan fingerprint density at radius 1 is 1.55 bits per heavy atom. The number of hydrogen-bond donors (Lipinski definition) is 1. The summed E-state index contributed by atoms with van der Waals surface area (Å²) in [5, 5.41) is 9.10. The van der Waals surface area contributed by atoms with Gasteiger partial charge in [0.2, 0.25) is 0 Å². The van der Waals surface area contributed by atoms with Gasteiger partial charge in [-0.25, -0.2) is 4.85 Å². The van der Waals surface area contributed by atoms with E-state index in [1.165, 1.54) is 25.3 Å². The summed E-state index contributed by atoms with van der Waals surface area (Å²) < 4.78 is 4.79. The molecule has 0 aliphatic heterocycles. The second-order valence-corrected chi connectivity index (χ2v) is 1.97. The lowest BCUT2D eigenvalue weighted by Crippen LogP contribution is -1.81. The fourth-order valence-electron chi connectivity index (χ4n) is 0.736. The molecule has 3 heteroatoms. The Morgan fingerprint density at radius 3 is 2.82 bits per heavy atom. The molecule has 0 saturated carbocycles. The van der Waals surface area contributed by atoms with Crippen molar-refractivity contribution >= 4 is 5.69 Å². The third kappa shape index (κ3) is 1.41. The first kappa shape index (κ1) is 7.42. The number of benzene rings is 1. The topological polar surface area (TPSA) is 33.8 Å². The molecule has 11 heavy (non-hydrogen) atoms. The van der Waals surface area contributed by atoms with Crippen LogP contribution in [0.25, 0.3) is 4.85 Å². The number of ether oxygens (including phenoxy) is 1. The van der Waals surface area contributed by atoms with Crippen molar-refractivity contribution in [2.24, 2.45) is 0 Å². The van der Waals surface area contributed by atoms with Gasteiger partial charge in [-0.2, -0.15) is 0 Å². The lowest BCUT2D eigenvalue weighted by atomic mass is 10.3. The fourth-order valence-corrected chi connectivity index (χ4v) is 0.736. The van der Waals surface area contributed by atoms with Crippen molar-refractivity contribution in [3.63, 3.8) is 0 Å². The van der Waals surface area contributed by atoms with E-state index in [2.05, 4.69) is 4.85 Å². The van der Waals surface area contributed by atoms with E-state index in [1.807, 2.05) is 0 Å². The maximum atomic E-state index is 9.10. The quantitative estimate of drug-likeness (QED) is 0.619. The SMILES string of the molecule is [C-]#[N+]c1ccc(O)c(OC)c1. The average Bonchev–Trinajstić information content (AvgIpc) is 2.05. The second kappa shape index (κ2) is 2.93. The average molecular weight is 149 g/mol. The Hall–Kier alpha value is -1.69. The lowest BCUT2D eigenvalue weighted by molar-refractivity contribution is 0.374. The molecule has 0 aliphatic rings. The van der Waals surface area contributed by atoms with Crippen LogP contribution < -0.4 is 4.74 Å². The van der Waals surface area contributed by atoms with E-state index in [1.54, 1.807) is 0 Å². The van der Waals surface area contributed by atoms with E-state index in [0.29, 0.717) is 11.4 Å². The van der Waals surface area contributed by atoms with Crippen LogP contribution in [0.5, 0.6) is 11.5 Å². The van der Waals surface area contributed by atoms with Crippen LogP contribution in [0.4, 0.5) is 5.69 Å². The Kier molecular flexibility index (Phi) is 1.98. The van der Waals surface area contributed by atoms with Gasteiger partial charge >= 0.3 is 0 Å². The number of nitrogens with zero attached hydrogens (tertiary/aromatic N) is 1. The third-order valence-corrected chi connectivity index (χ3v) is 1.29. The smallest absolute Gasteiger partial charge is 0.191 e. The minimum atomic E-state index is 0.0555. The van der Waals surface area contributed by atoms with Crippen molar-refractivity contribution in [1.29, 1.82) is 0 Å². The molecule has 0 saturated heterocycles. The van der Waals surface area contributed by atoms with Crippen LogP contribution in [-0.2, 0) is 0 Å². The van der Waals surface area contributed by atoms with E-state index in [0.717, 1.165) is 0 Å². The minimum absolute atomic E-state index is 0.0555. The number of phenolic OH excluding ortho intramolecular Hbond substituents is 1. The van der Waals surface area contributed by atoms with E-state index in [-0.39, 0.29) is 5.75 Å². The summed E-state index contributed by atoms with van der Waals surface area (Å²) in [6.45, 7) is 6.67. The van der Waals surface area contributed by atoms with Gasteiger partial charge in [0.15, 0.2) is 11.4 Å². The van der Waals surface area contributed by atoms with Crippen molar-refractivity contribution in [3.05, 3.63) is 29.6 Å². The lowest BCUT2D eigenvalue weighted by Gasteiger charge is -2.01. The zero-order chi connectivity index (χ0) is 8.27. The first-order valence-corrected chi connectivity index (χ1v) is 3.02. The maximum Gasteiger partial charge on any atom is 0.191 e. The maximum absolute atomic E-state index is 9.10. The predicted molar refractivity (Wildman–Crippen MR) is 40.9 cm³/mol. The Labute approximate surface area is 64.7 Å². The van der Waals surface area contributed by atoms with Crippen molar-refractivity contribution in [2.75, 3.05) is 7.11 Å². The molecule has 1 aromatic rings. The van der Waals surface area contributed by atoms with Gasteiger partial charge in [0.05, 0.1) is 13.7 Å². The summed E-state index contributed by atoms with van der Waals surface area (Å²) in [5.41, 5.74) is 0.458. The van der Waals surface area contributed by atoms with Crippen molar-refractivity contribution in [3.8, 4) is 11.5 Å². The molecule has 1 aromatic carbocycles. The Bertz CT molecular complexity index is 301. The third-order valence-electron chi connectivity index (χ3n) is 1.29. The molecule has 3 nitrogen and oxygen atoms in total. The van der Waals surface area contributed by atoms with Crippen LogP contribution >= 0.6 is 0 Å². The first-order chi connectivity index (χ1) is 5.27. The number of phenols is 1. The zero-order valence-corrected chi connectivity index (χ0v) is 6.03. The van der Waals surface area contributed by atoms with E-state index >= 15 is 0 Å². The van der Waals surface area contributed by atoms with Crippen molar-refractivity contribution in [2.45, 2.75) is 0 Å². The molecule has 0 atom stereocenters. The van der Waals surface area contributed by atoms with Gasteiger partial charge < -0.3 is 9.84 Å². The second-order valence-electron chi connectivity index (χ2n) is 1.97. The highest BCUT2D eigenvalue weighted by atomic mass is 16.5. The van der Waals surface area contributed by atoms with Gasteiger partial charge in [0.1, 0.15) is 5.75 Å². The van der Waals surface area contributed by atoms with Crippen molar-refractivity contribution < 1.29 is 9.84 Å². The molecule has 0 aromatic heterocycles. The summed E-state index contributed by atoms with van der Waals surface area (Å²) in [5.74, 6) is 0.387. The highest BCUT2D eigenvalue weighted by molar-refractivity contribution is 5.54. The predicted octanol–water partition coefficient (Wildman–Crippen LogP) is 1.95. The van der Waals surface area contributed by atoms with Gasteiger partial charge in [0.25, 0.3) is 0 Å². The molecule has 0 aliphatic carbocycles. The van der Waals surface area contributed by atoms with Gasteiger partial charge in [-0.1, -0.05) is 6.07 Å². The molecular formula is C8H7NO2. The Balaban J connectivity index is 3.15. The van der Waals surface area contributed by atoms with Crippen LogP contribution in [-0.4, -0.2) is 12.2 Å². The van der Waals surface area contributed by atoms with Gasteiger partial charge in [0, 0.05) is 0 Å². The van der Waals surface area contributed by atoms with Crippen LogP contribution in [0.15, 0.2) is 18.2 Å². The Morgan fingerprint density at radius 2 is 2.27 bits per heavy atom. The molecule has 1 N–H and O–H groups in total. The highest BCUT2D eigenvalue weighted by Crippen LogP contribution is 2.29. The zero-order valence-electron chi connectivity index (χ0n) is 6.03. The van der Waals surface area contributed by atoms with Crippen LogP contribution in [0, 0.1) is 6.57 Å². The largest absolute Gasteiger partial charge is 0.504 e. The van der Waals surface area contributed by atoms with Crippen LogP contribution in [0.3, 0.4) is 0 Å².